The molecule has 1 atom stereocenters. The van der Waals surface area contributed by atoms with Crippen molar-refractivity contribution < 1.29 is 19.1 Å². The molecule has 0 spiro atoms. The van der Waals surface area contributed by atoms with Crippen LogP contribution in [-0.4, -0.2) is 26.8 Å². The van der Waals surface area contributed by atoms with Crippen molar-refractivity contribution in [1.29, 1.82) is 0 Å². The summed E-state index contributed by atoms with van der Waals surface area (Å²) in [5, 5.41) is 17.4. The van der Waals surface area contributed by atoms with Crippen molar-refractivity contribution in [3.63, 3.8) is 0 Å². The lowest BCUT2D eigenvalue weighted by Crippen LogP contribution is -2.20. The minimum absolute atomic E-state index is 0.0559. The zero-order chi connectivity index (χ0) is 24.1. The van der Waals surface area contributed by atoms with Crippen LogP contribution < -0.4 is 5.32 Å². The van der Waals surface area contributed by atoms with Crippen molar-refractivity contribution in [2.75, 3.05) is 5.32 Å². The average Bonchev–Trinajstić information content (AvgIpc) is 3.33. The van der Waals surface area contributed by atoms with Crippen LogP contribution >= 0.6 is 0 Å². The summed E-state index contributed by atoms with van der Waals surface area (Å²) in [4.78, 5) is 24.2. The Labute approximate surface area is 197 Å². The Bertz CT molecular complexity index is 1320. The monoisotopic (exact) mass is 459 g/mol. The third-order valence-electron chi connectivity index (χ3n) is 5.94. The number of aryl methyl sites for hydroxylation is 1. The fourth-order valence-electron chi connectivity index (χ4n) is 4.11. The van der Waals surface area contributed by atoms with E-state index in [0.717, 1.165) is 16.7 Å². The van der Waals surface area contributed by atoms with Crippen molar-refractivity contribution in [1.82, 2.24) is 9.78 Å². The number of anilines is 1. The van der Waals surface area contributed by atoms with E-state index in [9.17, 15) is 14.0 Å². The van der Waals surface area contributed by atoms with E-state index in [0.29, 0.717) is 35.8 Å². The maximum atomic E-state index is 14.3. The number of hydrogen-bond donors (Lipinski definition) is 2. The fraction of sp³-hybridized carbons (Fsp3) is 0.222. The van der Waals surface area contributed by atoms with Gasteiger partial charge in [-0.3, -0.25) is 14.3 Å². The molecule has 1 aromatic heterocycles. The number of hydrogen-bond acceptors (Lipinski definition) is 3. The largest absolute Gasteiger partial charge is 0.481 e. The van der Waals surface area contributed by atoms with E-state index in [-0.39, 0.29) is 18.1 Å². The first-order valence-electron chi connectivity index (χ1n) is 11.2. The topological polar surface area (TPSA) is 84.2 Å². The second-order valence-electron chi connectivity index (χ2n) is 8.34. The standard InChI is InChI=1S/C27H26FN3O3/c1-18(21-12-13-24(28)23-8-3-2-7-22(21)23)27(34)30-25-16-19(17-31-15-5-14-29-31)10-11-20(25)6-4-9-26(32)33/h2-3,5,7-8,10-16,18H,4,6,9,17H2,1H3,(H,30,34)(H,32,33). The van der Waals surface area contributed by atoms with Gasteiger partial charge in [0.1, 0.15) is 5.82 Å². The van der Waals surface area contributed by atoms with Crippen LogP contribution in [0.15, 0.2) is 73.1 Å². The molecule has 3 aromatic carbocycles. The highest BCUT2D eigenvalue weighted by Crippen LogP contribution is 2.29. The Morgan fingerprint density at radius 2 is 1.88 bits per heavy atom. The van der Waals surface area contributed by atoms with E-state index < -0.39 is 11.9 Å². The van der Waals surface area contributed by atoms with Crippen LogP contribution in [0.5, 0.6) is 0 Å². The summed E-state index contributed by atoms with van der Waals surface area (Å²) in [5.41, 5.74) is 3.23. The summed E-state index contributed by atoms with van der Waals surface area (Å²) in [6.07, 6.45) is 4.62. The fourth-order valence-corrected chi connectivity index (χ4v) is 4.11. The van der Waals surface area contributed by atoms with Crippen LogP contribution in [-0.2, 0) is 22.6 Å². The molecule has 0 aliphatic heterocycles. The van der Waals surface area contributed by atoms with Crippen molar-refractivity contribution in [3.05, 3.63) is 95.6 Å². The van der Waals surface area contributed by atoms with E-state index in [1.54, 1.807) is 36.0 Å². The van der Waals surface area contributed by atoms with Gasteiger partial charge >= 0.3 is 5.97 Å². The molecule has 6 nitrogen and oxygen atoms in total. The molecule has 34 heavy (non-hydrogen) atoms. The van der Waals surface area contributed by atoms with E-state index >= 15 is 0 Å². The second kappa shape index (κ2) is 10.3. The minimum atomic E-state index is -0.849. The molecule has 1 heterocycles. The SMILES string of the molecule is CC(C(=O)Nc1cc(Cn2cccn2)ccc1CCCC(=O)O)c1ccc(F)c2ccccc12. The third-order valence-corrected chi connectivity index (χ3v) is 5.94. The zero-order valence-corrected chi connectivity index (χ0v) is 18.9. The number of fused-ring (bicyclic) bond motifs is 1. The van der Waals surface area contributed by atoms with Gasteiger partial charge in [0.15, 0.2) is 0 Å². The number of benzene rings is 3. The molecule has 0 aliphatic rings. The third kappa shape index (κ3) is 5.31. The molecule has 4 aromatic rings. The molecule has 174 valence electrons. The number of aromatic nitrogens is 2. The number of rotatable bonds is 9. The lowest BCUT2D eigenvalue weighted by Gasteiger charge is -2.18. The molecule has 1 amide bonds. The summed E-state index contributed by atoms with van der Waals surface area (Å²) < 4.78 is 16.0. The molecular weight excluding hydrogens is 433 g/mol. The van der Waals surface area contributed by atoms with Crippen LogP contribution in [0.3, 0.4) is 0 Å². The van der Waals surface area contributed by atoms with Crippen molar-refractivity contribution in [2.24, 2.45) is 0 Å². The van der Waals surface area contributed by atoms with Crippen molar-refractivity contribution in [2.45, 2.75) is 38.6 Å². The maximum Gasteiger partial charge on any atom is 0.303 e. The molecule has 0 bridgehead atoms. The molecule has 0 aliphatic carbocycles. The predicted molar refractivity (Wildman–Crippen MR) is 129 cm³/mol. The van der Waals surface area contributed by atoms with Gasteiger partial charge < -0.3 is 10.4 Å². The number of halogens is 1. The van der Waals surface area contributed by atoms with E-state index in [1.807, 2.05) is 42.6 Å². The molecule has 2 N–H and O–H groups in total. The quantitative estimate of drug-likeness (QED) is 0.352. The van der Waals surface area contributed by atoms with E-state index in [1.165, 1.54) is 6.07 Å². The first-order chi connectivity index (χ1) is 16.4. The molecule has 0 radical (unpaired) electrons. The number of aliphatic carboxylic acids is 1. The highest BCUT2D eigenvalue weighted by atomic mass is 19.1. The van der Waals surface area contributed by atoms with Gasteiger partial charge in [-0.15, -0.1) is 0 Å². The Morgan fingerprint density at radius 1 is 1.09 bits per heavy atom. The lowest BCUT2D eigenvalue weighted by atomic mass is 9.93. The molecular formula is C27H26FN3O3. The van der Waals surface area contributed by atoms with Crippen molar-refractivity contribution in [3.8, 4) is 0 Å². The van der Waals surface area contributed by atoms with Gasteiger partial charge in [0, 0.05) is 29.9 Å². The van der Waals surface area contributed by atoms with Gasteiger partial charge in [-0.1, -0.05) is 42.5 Å². The second-order valence-corrected chi connectivity index (χ2v) is 8.34. The summed E-state index contributed by atoms with van der Waals surface area (Å²) in [7, 11) is 0. The lowest BCUT2D eigenvalue weighted by molar-refractivity contribution is -0.137. The summed E-state index contributed by atoms with van der Waals surface area (Å²) in [6, 6.07) is 17.8. The zero-order valence-electron chi connectivity index (χ0n) is 18.9. The van der Waals surface area contributed by atoms with Crippen LogP contribution in [0.2, 0.25) is 0 Å². The average molecular weight is 460 g/mol. The molecule has 0 saturated carbocycles. The highest BCUT2D eigenvalue weighted by molar-refractivity contribution is 5.99. The number of carbonyl (C=O) groups excluding carboxylic acids is 1. The predicted octanol–water partition coefficient (Wildman–Crippen LogP) is 5.37. The molecule has 7 heteroatoms. The first-order valence-corrected chi connectivity index (χ1v) is 11.2. The van der Waals surface area contributed by atoms with Crippen LogP contribution in [0.1, 0.15) is 42.4 Å². The smallest absolute Gasteiger partial charge is 0.303 e. The summed E-state index contributed by atoms with van der Waals surface area (Å²) in [6.45, 7) is 2.34. The highest BCUT2D eigenvalue weighted by Gasteiger charge is 2.20. The van der Waals surface area contributed by atoms with Gasteiger partial charge in [0.05, 0.1) is 12.5 Å². The normalized spacial score (nSPS) is 11.9. The van der Waals surface area contributed by atoms with Crippen molar-refractivity contribution >= 4 is 28.3 Å². The molecule has 0 saturated heterocycles. The number of nitrogens with one attached hydrogen (secondary N) is 1. The van der Waals surface area contributed by atoms with E-state index in [2.05, 4.69) is 10.4 Å². The maximum absolute atomic E-state index is 14.3. The van der Waals surface area contributed by atoms with Gasteiger partial charge in [-0.05, 0) is 60.0 Å². The summed E-state index contributed by atoms with van der Waals surface area (Å²) in [5.74, 6) is -1.91. The Hall–Kier alpha value is -4.00. The van der Waals surface area contributed by atoms with Gasteiger partial charge in [0.2, 0.25) is 5.91 Å². The van der Waals surface area contributed by atoms with Gasteiger partial charge in [-0.25, -0.2) is 4.39 Å². The van der Waals surface area contributed by atoms with Gasteiger partial charge in [0.25, 0.3) is 0 Å². The number of carbonyl (C=O) groups is 2. The first kappa shape index (κ1) is 23.2. The van der Waals surface area contributed by atoms with E-state index in [4.69, 9.17) is 5.11 Å². The Morgan fingerprint density at radius 3 is 2.62 bits per heavy atom. The van der Waals surface area contributed by atoms with Crippen LogP contribution in [0.25, 0.3) is 10.8 Å². The number of carboxylic acid groups (broad SMARTS) is 1. The van der Waals surface area contributed by atoms with Crippen LogP contribution in [0, 0.1) is 5.82 Å². The molecule has 0 fully saturated rings. The number of nitrogens with zero attached hydrogens (tertiary/aromatic N) is 2. The van der Waals surface area contributed by atoms with Gasteiger partial charge in [-0.2, -0.15) is 5.10 Å². The summed E-state index contributed by atoms with van der Waals surface area (Å²) >= 11 is 0. The Kier molecular flexibility index (Phi) is 7.01. The number of carboxylic acids is 1. The van der Waals surface area contributed by atoms with Crippen LogP contribution in [0.4, 0.5) is 10.1 Å². The molecule has 4 rings (SSSR count). The Balaban J connectivity index is 1.60. The minimum Gasteiger partial charge on any atom is -0.481 e. The number of amides is 1. The molecule has 1 unspecified atom stereocenters.